The van der Waals surface area contributed by atoms with E-state index < -0.39 is 18.5 Å². The van der Waals surface area contributed by atoms with E-state index in [1.165, 1.54) is 6.20 Å². The predicted molar refractivity (Wildman–Crippen MR) is 103 cm³/mol. The molecule has 0 spiro atoms. The number of anilines is 1. The van der Waals surface area contributed by atoms with Crippen LogP contribution < -0.4 is 5.32 Å². The molecule has 1 amide bonds. The Hall–Kier alpha value is -1.82. The molecule has 2 aromatic rings. The average Bonchev–Trinajstić information content (AvgIpc) is 2.57. The lowest BCUT2D eigenvalue weighted by Gasteiger charge is -2.19. The number of carbonyl (C=O) groups excluding carboxylic acids is 2. The van der Waals surface area contributed by atoms with Gasteiger partial charge in [-0.15, -0.1) is 0 Å². The van der Waals surface area contributed by atoms with Gasteiger partial charge >= 0.3 is 5.97 Å². The standard InChI is InChI=1S/C18H17Cl3N2O3/c1-18(2,3)10-4-6-11(7-5-10)23-13(24)9-26-17(25)16-15(21)14(20)12(19)8-22-16/h4-8H,9H2,1-3H3,(H,23,24). The molecule has 1 aromatic heterocycles. The predicted octanol–water partition coefficient (Wildman–Crippen LogP) is 5.13. The third-order valence-corrected chi connectivity index (χ3v) is 4.72. The summed E-state index contributed by atoms with van der Waals surface area (Å²) < 4.78 is 4.92. The van der Waals surface area contributed by atoms with Crippen molar-refractivity contribution in [3.8, 4) is 0 Å². The van der Waals surface area contributed by atoms with Gasteiger partial charge in [0.25, 0.3) is 5.91 Å². The molecule has 8 heteroatoms. The summed E-state index contributed by atoms with van der Waals surface area (Å²) in [4.78, 5) is 27.7. The molecule has 0 aliphatic heterocycles. The maximum Gasteiger partial charge on any atom is 0.359 e. The SMILES string of the molecule is CC(C)(C)c1ccc(NC(=O)COC(=O)c2ncc(Cl)c(Cl)c2Cl)cc1. The number of benzene rings is 1. The molecule has 138 valence electrons. The Balaban J connectivity index is 1.95. The van der Waals surface area contributed by atoms with Gasteiger partial charge in [0, 0.05) is 11.9 Å². The summed E-state index contributed by atoms with van der Waals surface area (Å²) in [5.41, 5.74) is 1.56. The van der Waals surface area contributed by atoms with Gasteiger partial charge in [-0.05, 0) is 23.1 Å². The lowest BCUT2D eigenvalue weighted by Crippen LogP contribution is -2.21. The molecular weight excluding hydrogens is 399 g/mol. The fourth-order valence-electron chi connectivity index (χ4n) is 2.04. The highest BCUT2D eigenvalue weighted by Crippen LogP contribution is 2.31. The Bertz CT molecular complexity index is 831. The zero-order valence-electron chi connectivity index (χ0n) is 14.4. The van der Waals surface area contributed by atoms with Crippen LogP contribution in [0, 0.1) is 0 Å². The van der Waals surface area contributed by atoms with Crippen molar-refractivity contribution in [2.75, 3.05) is 11.9 Å². The number of carbonyl (C=O) groups is 2. The quantitative estimate of drug-likeness (QED) is 0.702. The van der Waals surface area contributed by atoms with E-state index in [1.807, 2.05) is 12.1 Å². The summed E-state index contributed by atoms with van der Waals surface area (Å²) in [6.45, 7) is 5.81. The van der Waals surface area contributed by atoms with Gasteiger partial charge < -0.3 is 10.1 Å². The minimum Gasteiger partial charge on any atom is -0.451 e. The average molecular weight is 416 g/mol. The molecule has 26 heavy (non-hydrogen) atoms. The van der Waals surface area contributed by atoms with Crippen molar-refractivity contribution in [1.82, 2.24) is 4.98 Å². The molecule has 5 nitrogen and oxygen atoms in total. The molecule has 0 bridgehead atoms. The summed E-state index contributed by atoms with van der Waals surface area (Å²) >= 11 is 17.5. The second-order valence-corrected chi connectivity index (χ2v) is 7.70. The Morgan fingerprint density at radius 1 is 1.08 bits per heavy atom. The number of aromatic nitrogens is 1. The van der Waals surface area contributed by atoms with Crippen LogP contribution in [-0.2, 0) is 14.9 Å². The van der Waals surface area contributed by atoms with Gasteiger partial charge in [0.05, 0.1) is 15.1 Å². The summed E-state index contributed by atoms with van der Waals surface area (Å²) in [6, 6.07) is 7.44. The minimum atomic E-state index is -0.869. The normalized spacial score (nSPS) is 11.2. The Kier molecular flexibility index (Phi) is 6.50. The molecule has 0 unspecified atom stereocenters. The van der Waals surface area contributed by atoms with Crippen LogP contribution in [0.15, 0.2) is 30.5 Å². The van der Waals surface area contributed by atoms with Crippen LogP contribution in [0.1, 0.15) is 36.8 Å². The second kappa shape index (κ2) is 8.25. The third-order valence-electron chi connectivity index (χ3n) is 3.48. The van der Waals surface area contributed by atoms with Crippen LogP contribution in [0.25, 0.3) is 0 Å². The molecule has 0 radical (unpaired) electrons. The van der Waals surface area contributed by atoms with Gasteiger partial charge in [0.15, 0.2) is 12.3 Å². The number of amides is 1. The van der Waals surface area contributed by atoms with E-state index in [2.05, 4.69) is 31.1 Å². The Morgan fingerprint density at radius 2 is 1.69 bits per heavy atom. The maximum absolute atomic E-state index is 12.0. The van der Waals surface area contributed by atoms with Crippen molar-refractivity contribution < 1.29 is 14.3 Å². The maximum atomic E-state index is 12.0. The number of halogens is 3. The van der Waals surface area contributed by atoms with Crippen LogP contribution >= 0.6 is 34.8 Å². The van der Waals surface area contributed by atoms with Gasteiger partial charge in [0.1, 0.15) is 0 Å². The number of esters is 1. The van der Waals surface area contributed by atoms with Crippen molar-refractivity contribution in [1.29, 1.82) is 0 Å². The van der Waals surface area contributed by atoms with Crippen molar-refractivity contribution >= 4 is 52.4 Å². The molecule has 0 atom stereocenters. The first-order valence-electron chi connectivity index (χ1n) is 7.66. The number of hydrogen-bond donors (Lipinski definition) is 1. The van der Waals surface area contributed by atoms with Crippen molar-refractivity contribution in [3.63, 3.8) is 0 Å². The number of rotatable bonds is 4. The first kappa shape index (κ1) is 20.5. The smallest absolute Gasteiger partial charge is 0.359 e. The van der Waals surface area contributed by atoms with E-state index in [4.69, 9.17) is 39.5 Å². The molecule has 0 aliphatic rings. The fourth-order valence-corrected chi connectivity index (χ4v) is 2.59. The summed E-state index contributed by atoms with van der Waals surface area (Å²) in [7, 11) is 0. The van der Waals surface area contributed by atoms with Gasteiger partial charge in [-0.1, -0.05) is 67.7 Å². The van der Waals surface area contributed by atoms with E-state index in [-0.39, 0.29) is 26.2 Å². The van der Waals surface area contributed by atoms with E-state index in [1.54, 1.807) is 12.1 Å². The topological polar surface area (TPSA) is 68.3 Å². The zero-order valence-corrected chi connectivity index (χ0v) is 16.7. The van der Waals surface area contributed by atoms with Gasteiger partial charge in [-0.3, -0.25) is 4.79 Å². The summed E-state index contributed by atoms with van der Waals surface area (Å²) in [6.07, 6.45) is 1.18. The van der Waals surface area contributed by atoms with Gasteiger partial charge in [-0.2, -0.15) is 0 Å². The largest absolute Gasteiger partial charge is 0.451 e. The lowest BCUT2D eigenvalue weighted by molar-refractivity contribution is -0.119. The first-order valence-corrected chi connectivity index (χ1v) is 8.80. The Labute approximate surface area is 166 Å². The summed E-state index contributed by atoms with van der Waals surface area (Å²) in [5.74, 6) is -1.36. The highest BCUT2D eigenvalue weighted by Gasteiger charge is 2.19. The molecule has 0 saturated carbocycles. The number of ether oxygens (including phenoxy) is 1. The van der Waals surface area contributed by atoms with E-state index >= 15 is 0 Å². The molecule has 0 fully saturated rings. The zero-order chi connectivity index (χ0) is 19.5. The molecule has 1 N–H and O–H groups in total. The second-order valence-electron chi connectivity index (χ2n) is 6.53. The van der Waals surface area contributed by atoms with Crippen molar-refractivity contribution in [2.24, 2.45) is 0 Å². The van der Waals surface area contributed by atoms with Crippen LogP contribution in [0.3, 0.4) is 0 Å². The highest BCUT2D eigenvalue weighted by atomic mass is 35.5. The van der Waals surface area contributed by atoms with Crippen LogP contribution in [0.4, 0.5) is 5.69 Å². The molecule has 2 rings (SSSR count). The summed E-state index contributed by atoms with van der Waals surface area (Å²) in [5, 5.41) is 2.64. The Morgan fingerprint density at radius 3 is 2.27 bits per heavy atom. The van der Waals surface area contributed by atoms with Crippen LogP contribution in [0.2, 0.25) is 15.1 Å². The molecule has 1 aromatic carbocycles. The van der Waals surface area contributed by atoms with E-state index in [9.17, 15) is 9.59 Å². The highest BCUT2D eigenvalue weighted by molar-refractivity contribution is 6.48. The van der Waals surface area contributed by atoms with Gasteiger partial charge in [0.2, 0.25) is 0 Å². The molecule has 0 saturated heterocycles. The van der Waals surface area contributed by atoms with Crippen LogP contribution in [-0.4, -0.2) is 23.5 Å². The van der Waals surface area contributed by atoms with Crippen LogP contribution in [0.5, 0.6) is 0 Å². The fraction of sp³-hybridized carbons (Fsp3) is 0.278. The van der Waals surface area contributed by atoms with Crippen molar-refractivity contribution in [2.45, 2.75) is 26.2 Å². The number of nitrogens with one attached hydrogen (secondary N) is 1. The van der Waals surface area contributed by atoms with E-state index in [0.717, 1.165) is 5.56 Å². The van der Waals surface area contributed by atoms with E-state index in [0.29, 0.717) is 5.69 Å². The first-order chi connectivity index (χ1) is 12.1. The van der Waals surface area contributed by atoms with Gasteiger partial charge in [-0.25, -0.2) is 9.78 Å². The number of pyridine rings is 1. The third kappa shape index (κ3) is 5.10. The number of nitrogens with zero attached hydrogens (tertiary/aromatic N) is 1. The molecule has 0 aliphatic carbocycles. The molecular formula is C18H17Cl3N2O3. The number of hydrogen-bond acceptors (Lipinski definition) is 4. The molecule has 1 heterocycles. The van der Waals surface area contributed by atoms with Crippen molar-refractivity contribution in [3.05, 3.63) is 56.8 Å². The monoisotopic (exact) mass is 414 g/mol. The minimum absolute atomic E-state index is 0.00123. The lowest BCUT2D eigenvalue weighted by atomic mass is 9.87.